The van der Waals surface area contributed by atoms with E-state index in [1.165, 1.54) is 22.9 Å². The number of anilines is 1. The van der Waals surface area contributed by atoms with Crippen molar-refractivity contribution in [1.29, 1.82) is 0 Å². The molecule has 1 heterocycles. The zero-order valence-electron chi connectivity index (χ0n) is 10.7. The molecule has 106 valence electrons. The van der Waals surface area contributed by atoms with E-state index in [0.717, 1.165) is 5.56 Å². The Bertz CT molecular complexity index is 767. The van der Waals surface area contributed by atoms with Crippen molar-refractivity contribution in [1.82, 2.24) is 4.57 Å². The number of alkyl halides is 1. The Hall–Kier alpha value is -1.60. The Morgan fingerprint density at radius 3 is 2.35 bits per heavy atom. The van der Waals surface area contributed by atoms with E-state index in [1.54, 1.807) is 31.3 Å². The van der Waals surface area contributed by atoms with E-state index in [1.807, 2.05) is 0 Å². The average molecular weight is 357 g/mol. The molecule has 0 saturated heterocycles. The van der Waals surface area contributed by atoms with Crippen molar-refractivity contribution in [2.75, 3.05) is 4.72 Å². The Balaban J connectivity index is 2.30. The lowest BCUT2D eigenvalue weighted by Crippen LogP contribution is -2.18. The van der Waals surface area contributed by atoms with Gasteiger partial charge in [-0.2, -0.15) is 0 Å². The minimum Gasteiger partial charge on any atom is -0.316 e. The largest absolute Gasteiger partial charge is 0.316 e. The van der Waals surface area contributed by atoms with Crippen LogP contribution in [0.1, 0.15) is 5.56 Å². The van der Waals surface area contributed by atoms with Gasteiger partial charge in [0.25, 0.3) is 10.0 Å². The number of hydrogen-bond acceptors (Lipinski definition) is 3. The first-order valence-corrected chi connectivity index (χ1v) is 8.37. The first-order chi connectivity index (χ1) is 9.42. The maximum atomic E-state index is 12.2. The van der Waals surface area contributed by atoms with Gasteiger partial charge in [-0.15, -0.1) is 0 Å². The van der Waals surface area contributed by atoms with Crippen molar-refractivity contribution in [3.05, 3.63) is 58.5 Å². The quantitative estimate of drug-likeness (QED) is 0.852. The van der Waals surface area contributed by atoms with Crippen LogP contribution in [0, 0.1) is 0 Å². The van der Waals surface area contributed by atoms with Crippen LogP contribution >= 0.6 is 15.9 Å². The highest BCUT2D eigenvalue weighted by molar-refractivity contribution is 9.08. The van der Waals surface area contributed by atoms with Crippen molar-refractivity contribution in [2.24, 2.45) is 7.05 Å². The van der Waals surface area contributed by atoms with Crippen molar-refractivity contribution in [3.8, 4) is 0 Å². The number of hydrogen-bond donors (Lipinski definition) is 1. The molecule has 0 atom stereocenters. The normalized spacial score (nSPS) is 11.3. The lowest BCUT2D eigenvalue weighted by molar-refractivity contribution is 0.601. The van der Waals surface area contributed by atoms with Gasteiger partial charge < -0.3 is 4.57 Å². The molecule has 0 spiro atoms. The number of nitrogens with zero attached hydrogens (tertiary/aromatic N) is 1. The van der Waals surface area contributed by atoms with E-state index in [-0.39, 0.29) is 10.5 Å². The van der Waals surface area contributed by atoms with Gasteiger partial charge in [0, 0.05) is 24.6 Å². The number of pyridine rings is 1. The topological polar surface area (TPSA) is 68.2 Å². The SMILES string of the molecule is Cn1cc(NS(=O)(=O)c2ccc(CBr)cc2)ccc1=O. The number of sulfonamides is 1. The molecule has 0 fully saturated rings. The molecule has 2 rings (SSSR count). The van der Waals surface area contributed by atoms with E-state index in [0.29, 0.717) is 11.0 Å². The molecule has 7 heteroatoms. The zero-order chi connectivity index (χ0) is 14.8. The Morgan fingerprint density at radius 1 is 1.15 bits per heavy atom. The number of aromatic nitrogens is 1. The molecule has 20 heavy (non-hydrogen) atoms. The van der Waals surface area contributed by atoms with Crippen LogP contribution < -0.4 is 10.3 Å². The van der Waals surface area contributed by atoms with Crippen molar-refractivity contribution >= 4 is 31.6 Å². The van der Waals surface area contributed by atoms with Crippen LogP contribution in [0.5, 0.6) is 0 Å². The maximum Gasteiger partial charge on any atom is 0.261 e. The van der Waals surface area contributed by atoms with Gasteiger partial charge in [0.2, 0.25) is 5.56 Å². The van der Waals surface area contributed by atoms with Gasteiger partial charge in [0.1, 0.15) is 0 Å². The van der Waals surface area contributed by atoms with Crippen molar-refractivity contribution in [2.45, 2.75) is 10.2 Å². The third-order valence-corrected chi connectivity index (χ3v) is 4.77. The van der Waals surface area contributed by atoms with Crippen LogP contribution in [0.2, 0.25) is 0 Å². The van der Waals surface area contributed by atoms with E-state index in [2.05, 4.69) is 20.7 Å². The number of halogens is 1. The fourth-order valence-electron chi connectivity index (χ4n) is 1.63. The van der Waals surface area contributed by atoms with Crippen LogP contribution in [0.15, 0.2) is 52.3 Å². The summed E-state index contributed by atoms with van der Waals surface area (Å²) in [5.74, 6) is 0. The van der Waals surface area contributed by atoms with Gasteiger partial charge in [-0.1, -0.05) is 28.1 Å². The second-order valence-corrected chi connectivity index (χ2v) is 6.49. The smallest absolute Gasteiger partial charge is 0.261 e. The molecule has 0 aliphatic rings. The molecule has 1 N–H and O–H groups in total. The lowest BCUT2D eigenvalue weighted by Gasteiger charge is -2.09. The standard InChI is InChI=1S/C13H13BrN2O3S/c1-16-9-11(4-7-13(16)17)15-20(18,19)12-5-2-10(8-14)3-6-12/h2-7,9,15H,8H2,1H3. The molecule has 0 unspecified atom stereocenters. The molecule has 0 saturated carbocycles. The molecule has 0 aliphatic heterocycles. The minimum atomic E-state index is -3.65. The lowest BCUT2D eigenvalue weighted by atomic mass is 10.2. The minimum absolute atomic E-state index is 0.177. The van der Waals surface area contributed by atoms with Gasteiger partial charge >= 0.3 is 0 Å². The van der Waals surface area contributed by atoms with Crippen LogP contribution in [-0.2, 0) is 22.4 Å². The average Bonchev–Trinajstić information content (AvgIpc) is 2.43. The second-order valence-electron chi connectivity index (χ2n) is 4.25. The first-order valence-electron chi connectivity index (χ1n) is 5.77. The van der Waals surface area contributed by atoms with E-state index in [9.17, 15) is 13.2 Å². The van der Waals surface area contributed by atoms with Gasteiger partial charge in [-0.05, 0) is 23.8 Å². The summed E-state index contributed by atoms with van der Waals surface area (Å²) in [6.07, 6.45) is 1.44. The molecule has 1 aromatic heterocycles. The monoisotopic (exact) mass is 356 g/mol. The highest BCUT2D eigenvalue weighted by Crippen LogP contribution is 2.16. The molecule has 0 radical (unpaired) electrons. The van der Waals surface area contributed by atoms with Crippen LogP contribution in [-0.4, -0.2) is 13.0 Å². The second kappa shape index (κ2) is 5.80. The molecule has 2 aromatic rings. The van der Waals surface area contributed by atoms with Gasteiger partial charge in [-0.25, -0.2) is 8.42 Å². The zero-order valence-corrected chi connectivity index (χ0v) is 13.1. The summed E-state index contributed by atoms with van der Waals surface area (Å²) in [7, 11) is -2.09. The number of nitrogens with one attached hydrogen (secondary N) is 1. The van der Waals surface area contributed by atoms with Gasteiger partial charge in [0.05, 0.1) is 10.6 Å². The summed E-state index contributed by atoms with van der Waals surface area (Å²) in [6, 6.07) is 9.31. The molecule has 0 aliphatic carbocycles. The highest BCUT2D eigenvalue weighted by Gasteiger charge is 2.14. The van der Waals surface area contributed by atoms with E-state index >= 15 is 0 Å². The molecule has 0 amide bonds. The number of benzene rings is 1. The van der Waals surface area contributed by atoms with Crippen LogP contribution in [0.4, 0.5) is 5.69 Å². The number of aryl methyl sites for hydroxylation is 1. The Morgan fingerprint density at radius 2 is 1.80 bits per heavy atom. The third kappa shape index (κ3) is 3.29. The molecular weight excluding hydrogens is 344 g/mol. The van der Waals surface area contributed by atoms with Crippen molar-refractivity contribution in [3.63, 3.8) is 0 Å². The van der Waals surface area contributed by atoms with Crippen LogP contribution in [0.3, 0.4) is 0 Å². The third-order valence-electron chi connectivity index (χ3n) is 2.73. The summed E-state index contributed by atoms with van der Waals surface area (Å²) in [6.45, 7) is 0. The Kier molecular flexibility index (Phi) is 4.29. The van der Waals surface area contributed by atoms with Crippen molar-refractivity contribution < 1.29 is 8.42 Å². The molecule has 0 bridgehead atoms. The molecule has 5 nitrogen and oxygen atoms in total. The summed E-state index contributed by atoms with van der Waals surface area (Å²) < 4.78 is 28.1. The summed E-state index contributed by atoms with van der Waals surface area (Å²) >= 11 is 3.30. The molecule has 1 aromatic carbocycles. The summed E-state index contributed by atoms with van der Waals surface area (Å²) in [5, 5.41) is 0.668. The molecular formula is C13H13BrN2O3S. The maximum absolute atomic E-state index is 12.2. The highest BCUT2D eigenvalue weighted by atomic mass is 79.9. The number of rotatable bonds is 4. The fourth-order valence-corrected chi connectivity index (χ4v) is 3.04. The fraction of sp³-hybridized carbons (Fsp3) is 0.154. The van der Waals surface area contributed by atoms with Gasteiger partial charge in [-0.3, -0.25) is 9.52 Å². The Labute approximate surface area is 125 Å². The van der Waals surface area contributed by atoms with Gasteiger partial charge in [0.15, 0.2) is 0 Å². The predicted octanol–water partition coefficient (Wildman–Crippen LogP) is 2.08. The first kappa shape index (κ1) is 14.8. The van der Waals surface area contributed by atoms with E-state index < -0.39 is 10.0 Å². The van der Waals surface area contributed by atoms with E-state index in [4.69, 9.17) is 0 Å². The predicted molar refractivity (Wildman–Crippen MR) is 81.6 cm³/mol. The summed E-state index contributed by atoms with van der Waals surface area (Å²) in [5.41, 5.74) is 1.14. The van der Waals surface area contributed by atoms with Crippen LogP contribution in [0.25, 0.3) is 0 Å². The summed E-state index contributed by atoms with van der Waals surface area (Å²) in [4.78, 5) is 11.4.